The SMILES string of the molecule is CC(C)C(C)C.CC(C)C1CCCCC1.CC(C)C1CCOCC1.CC(C)CC(C)C.CC(C)CC1CC1.CCC(C)C. The van der Waals surface area contributed by atoms with Crippen molar-refractivity contribution < 1.29 is 4.74 Å². The fourth-order valence-corrected chi connectivity index (χ4v) is 5.15. The molecule has 0 atom stereocenters. The van der Waals surface area contributed by atoms with Gasteiger partial charge in [-0.25, -0.2) is 0 Å². The van der Waals surface area contributed by atoms with Crippen LogP contribution in [0.25, 0.3) is 0 Å². The molecule has 43 heavy (non-hydrogen) atoms. The van der Waals surface area contributed by atoms with Crippen molar-refractivity contribution in [3.8, 4) is 0 Å². The second kappa shape index (κ2) is 30.6. The molecule has 0 bridgehead atoms. The standard InChI is InChI=1S/C9H18.C8H16O.C7H14.C7H16.C6H14.C5H12/c1-8(2)9-6-4-3-5-7-9;1-7(2)8-3-5-9-6-4-8;1-6(2)5-7-3-4-7;1-6(2)5-7(3)4;1-5(2)6(3)4;1-4-5(2)3/h8-9H,3-7H2,1-2H3;7-8H,3-6H2,1-2H3;6-7H,3-5H2,1-2H3;6-7H,5H2,1-4H3;5-6H,1-4H3;5H,4H2,1-3H3. The summed E-state index contributed by atoms with van der Waals surface area (Å²) >= 11 is 0. The first-order valence-corrected chi connectivity index (χ1v) is 19.5. The molecular weight excluding hydrogens is 520 g/mol. The molecule has 0 aromatic rings. The number of ether oxygens (including phenoxy) is 1. The van der Waals surface area contributed by atoms with Crippen LogP contribution in [0.1, 0.15) is 195 Å². The smallest absolute Gasteiger partial charge is 0.0468 e. The Labute approximate surface area is 277 Å². The van der Waals surface area contributed by atoms with Crippen LogP contribution in [0.2, 0.25) is 0 Å². The zero-order valence-electron chi connectivity index (χ0n) is 33.7. The molecule has 0 aromatic heterocycles. The maximum absolute atomic E-state index is 5.25. The van der Waals surface area contributed by atoms with Gasteiger partial charge in [0.2, 0.25) is 0 Å². The molecule has 3 fully saturated rings. The molecule has 1 heteroatoms. The minimum atomic E-state index is 0.852. The van der Waals surface area contributed by atoms with E-state index in [0.717, 1.165) is 78.3 Å². The van der Waals surface area contributed by atoms with Gasteiger partial charge in [0.1, 0.15) is 0 Å². The van der Waals surface area contributed by atoms with Gasteiger partial charge in [-0.2, -0.15) is 0 Å². The first-order chi connectivity index (χ1) is 19.9. The van der Waals surface area contributed by atoms with E-state index in [1.165, 1.54) is 77.0 Å². The van der Waals surface area contributed by atoms with Crippen molar-refractivity contribution in [3.05, 3.63) is 0 Å². The fourth-order valence-electron chi connectivity index (χ4n) is 5.15. The Kier molecular flexibility index (Phi) is 33.7. The molecule has 2 aliphatic carbocycles. The average molecular weight is 611 g/mol. The van der Waals surface area contributed by atoms with Crippen molar-refractivity contribution in [3.63, 3.8) is 0 Å². The molecule has 0 N–H and O–H groups in total. The van der Waals surface area contributed by atoms with Crippen molar-refractivity contribution in [2.75, 3.05) is 13.2 Å². The molecule has 0 amide bonds. The first-order valence-electron chi connectivity index (χ1n) is 19.5. The molecule has 264 valence electrons. The second-order valence-electron chi connectivity index (χ2n) is 17.2. The number of hydrogen-bond acceptors (Lipinski definition) is 1. The van der Waals surface area contributed by atoms with Crippen molar-refractivity contribution in [2.24, 2.45) is 65.1 Å². The molecule has 1 aliphatic heterocycles. The molecule has 3 rings (SSSR count). The van der Waals surface area contributed by atoms with Crippen LogP contribution in [0, 0.1) is 65.1 Å². The van der Waals surface area contributed by atoms with Gasteiger partial charge in [0.25, 0.3) is 0 Å². The third-order valence-electron chi connectivity index (χ3n) is 9.40. The van der Waals surface area contributed by atoms with Crippen LogP contribution in [0.3, 0.4) is 0 Å². The van der Waals surface area contributed by atoms with Gasteiger partial charge >= 0.3 is 0 Å². The van der Waals surface area contributed by atoms with Crippen molar-refractivity contribution in [1.82, 2.24) is 0 Å². The molecule has 0 unspecified atom stereocenters. The predicted octanol–water partition coefficient (Wildman–Crippen LogP) is 14.8. The maximum atomic E-state index is 5.25. The summed E-state index contributed by atoms with van der Waals surface area (Å²) in [7, 11) is 0. The Balaban J connectivity index is -0.000000452. The molecule has 1 nitrogen and oxygen atoms in total. The lowest BCUT2D eigenvalue weighted by atomic mass is 9.82. The van der Waals surface area contributed by atoms with E-state index in [1.54, 1.807) is 0 Å². The van der Waals surface area contributed by atoms with Crippen LogP contribution in [0.5, 0.6) is 0 Å². The monoisotopic (exact) mass is 611 g/mol. The van der Waals surface area contributed by atoms with Crippen LogP contribution in [0.15, 0.2) is 0 Å². The third-order valence-corrected chi connectivity index (χ3v) is 9.40. The summed E-state index contributed by atoms with van der Waals surface area (Å²) in [5, 5.41) is 0. The van der Waals surface area contributed by atoms with Crippen molar-refractivity contribution in [2.45, 2.75) is 195 Å². The second-order valence-corrected chi connectivity index (χ2v) is 17.2. The van der Waals surface area contributed by atoms with Gasteiger partial charge < -0.3 is 4.74 Å². The summed E-state index contributed by atoms with van der Waals surface area (Å²) in [6.45, 7) is 40.6. The Hall–Kier alpha value is -0.0400. The van der Waals surface area contributed by atoms with Crippen LogP contribution in [-0.2, 0) is 4.74 Å². The van der Waals surface area contributed by atoms with Gasteiger partial charge in [-0.3, -0.25) is 0 Å². The Morgan fingerprint density at radius 1 is 0.465 bits per heavy atom. The van der Waals surface area contributed by atoms with Gasteiger partial charge in [0.15, 0.2) is 0 Å². The minimum Gasteiger partial charge on any atom is -0.381 e. The predicted molar refractivity (Wildman–Crippen MR) is 201 cm³/mol. The zero-order valence-corrected chi connectivity index (χ0v) is 33.7. The fraction of sp³-hybridized carbons (Fsp3) is 1.00. The van der Waals surface area contributed by atoms with Crippen molar-refractivity contribution >= 4 is 0 Å². The lowest BCUT2D eigenvalue weighted by Gasteiger charge is -2.24. The first kappa shape index (κ1) is 47.4. The third kappa shape index (κ3) is 39.9. The molecule has 2 saturated carbocycles. The molecule has 0 spiro atoms. The topological polar surface area (TPSA) is 9.23 Å². The van der Waals surface area contributed by atoms with Crippen molar-refractivity contribution in [1.29, 1.82) is 0 Å². The maximum Gasteiger partial charge on any atom is 0.0468 e. The summed E-state index contributed by atoms with van der Waals surface area (Å²) in [6, 6.07) is 0. The summed E-state index contributed by atoms with van der Waals surface area (Å²) < 4.78 is 5.25. The van der Waals surface area contributed by atoms with E-state index in [0.29, 0.717) is 0 Å². The molecule has 1 heterocycles. The van der Waals surface area contributed by atoms with E-state index in [1.807, 2.05) is 0 Å². The normalized spacial score (nSPS) is 17.5. The van der Waals surface area contributed by atoms with E-state index in [4.69, 9.17) is 4.74 Å². The molecule has 0 aromatic carbocycles. The van der Waals surface area contributed by atoms with Gasteiger partial charge in [0.05, 0.1) is 0 Å². The quantitative estimate of drug-likeness (QED) is 0.266. The van der Waals surface area contributed by atoms with E-state index >= 15 is 0 Å². The van der Waals surface area contributed by atoms with E-state index in [2.05, 4.69) is 118 Å². The highest BCUT2D eigenvalue weighted by Gasteiger charge is 2.21. The summed E-state index contributed by atoms with van der Waals surface area (Å²) in [5.74, 6) is 10.2. The molecular formula is C42H90O. The summed E-state index contributed by atoms with van der Waals surface area (Å²) in [5.41, 5.74) is 0. The lowest BCUT2D eigenvalue weighted by molar-refractivity contribution is 0.0523. The Morgan fingerprint density at radius 3 is 1.00 bits per heavy atom. The highest BCUT2D eigenvalue weighted by molar-refractivity contribution is 4.73. The van der Waals surface area contributed by atoms with Gasteiger partial charge in [-0.05, 0) is 90.8 Å². The van der Waals surface area contributed by atoms with Crippen LogP contribution < -0.4 is 0 Å². The van der Waals surface area contributed by atoms with Gasteiger partial charge in [-0.1, -0.05) is 169 Å². The highest BCUT2D eigenvalue weighted by atomic mass is 16.5. The summed E-state index contributed by atoms with van der Waals surface area (Å²) in [6.07, 6.45) is 17.2. The van der Waals surface area contributed by atoms with E-state index in [-0.39, 0.29) is 0 Å². The van der Waals surface area contributed by atoms with Crippen LogP contribution >= 0.6 is 0 Å². The molecule has 0 radical (unpaired) electrons. The van der Waals surface area contributed by atoms with Gasteiger partial charge in [-0.15, -0.1) is 0 Å². The minimum absolute atomic E-state index is 0.852. The van der Waals surface area contributed by atoms with Crippen LogP contribution in [0.4, 0.5) is 0 Å². The Bertz CT molecular complexity index is 467. The number of hydrogen-bond donors (Lipinski definition) is 0. The largest absolute Gasteiger partial charge is 0.381 e. The zero-order chi connectivity index (χ0) is 34.0. The highest BCUT2D eigenvalue weighted by Crippen LogP contribution is 2.34. The average Bonchev–Trinajstić information content (AvgIpc) is 3.74. The van der Waals surface area contributed by atoms with E-state index < -0.39 is 0 Å². The number of rotatable bonds is 8. The Morgan fingerprint density at radius 2 is 0.837 bits per heavy atom. The van der Waals surface area contributed by atoms with Gasteiger partial charge in [0, 0.05) is 13.2 Å². The molecule has 1 saturated heterocycles. The molecule has 3 aliphatic rings. The van der Waals surface area contributed by atoms with Crippen LogP contribution in [-0.4, -0.2) is 13.2 Å². The summed E-state index contributed by atoms with van der Waals surface area (Å²) in [4.78, 5) is 0. The van der Waals surface area contributed by atoms with E-state index in [9.17, 15) is 0 Å². The lowest BCUT2D eigenvalue weighted by Crippen LogP contribution is -2.19.